The van der Waals surface area contributed by atoms with Crippen LogP contribution in [0.4, 0.5) is 5.69 Å². The van der Waals surface area contributed by atoms with Crippen molar-refractivity contribution in [2.75, 3.05) is 5.32 Å². The van der Waals surface area contributed by atoms with Crippen LogP contribution in [0, 0.1) is 0 Å². The zero-order valence-electron chi connectivity index (χ0n) is 9.76. The highest BCUT2D eigenvalue weighted by Gasteiger charge is 2.12. The van der Waals surface area contributed by atoms with Crippen LogP contribution in [-0.2, 0) is 0 Å². The van der Waals surface area contributed by atoms with Crippen LogP contribution < -0.4 is 11.1 Å². The molecule has 0 aliphatic carbocycles. The first-order valence-electron chi connectivity index (χ1n) is 5.39. The first kappa shape index (κ1) is 13.0. The molecule has 19 heavy (non-hydrogen) atoms. The molecular formula is C13H10ClN3O2. The smallest absolute Gasteiger partial charge is 0.274 e. The lowest BCUT2D eigenvalue weighted by Crippen LogP contribution is -2.18. The fourth-order valence-corrected chi connectivity index (χ4v) is 1.68. The molecule has 0 aliphatic rings. The number of carbonyl (C=O) groups excluding carboxylic acids is 2. The number of benzene rings is 1. The highest BCUT2D eigenvalue weighted by molar-refractivity contribution is 6.31. The molecule has 0 fully saturated rings. The quantitative estimate of drug-likeness (QED) is 0.899. The van der Waals surface area contributed by atoms with Crippen LogP contribution in [0.5, 0.6) is 0 Å². The van der Waals surface area contributed by atoms with Gasteiger partial charge in [0, 0.05) is 11.2 Å². The molecule has 2 rings (SSSR count). The second-order valence-corrected chi connectivity index (χ2v) is 4.16. The Balaban J connectivity index is 2.27. The number of primary amides is 1. The molecule has 0 aliphatic heterocycles. The summed E-state index contributed by atoms with van der Waals surface area (Å²) in [4.78, 5) is 27.1. The molecule has 0 spiro atoms. The molecule has 5 nitrogen and oxygen atoms in total. The Kier molecular flexibility index (Phi) is 3.77. The van der Waals surface area contributed by atoms with Gasteiger partial charge in [-0.05, 0) is 24.3 Å². The van der Waals surface area contributed by atoms with Gasteiger partial charge >= 0.3 is 0 Å². The molecule has 1 heterocycles. The van der Waals surface area contributed by atoms with Crippen LogP contribution in [0.3, 0.4) is 0 Å². The molecular weight excluding hydrogens is 266 g/mol. The molecule has 0 saturated carbocycles. The summed E-state index contributed by atoms with van der Waals surface area (Å²) in [6.07, 6.45) is 1.43. The SMILES string of the molecule is NC(=O)c1ccccc1NC(=O)c1cc(Cl)ccn1. The van der Waals surface area contributed by atoms with Crippen molar-refractivity contribution in [3.8, 4) is 0 Å². The predicted octanol–water partition coefficient (Wildman–Crippen LogP) is 2.09. The Bertz CT molecular complexity index is 643. The lowest BCUT2D eigenvalue weighted by molar-refractivity contribution is 0.100. The van der Waals surface area contributed by atoms with Crippen molar-refractivity contribution in [1.29, 1.82) is 0 Å². The summed E-state index contributed by atoms with van der Waals surface area (Å²) < 4.78 is 0. The summed E-state index contributed by atoms with van der Waals surface area (Å²) in [7, 11) is 0. The summed E-state index contributed by atoms with van der Waals surface area (Å²) in [6.45, 7) is 0. The summed E-state index contributed by atoms with van der Waals surface area (Å²) in [5.41, 5.74) is 5.95. The molecule has 1 aromatic heterocycles. The fraction of sp³-hybridized carbons (Fsp3) is 0. The maximum Gasteiger partial charge on any atom is 0.274 e. The van der Waals surface area contributed by atoms with E-state index in [1.807, 2.05) is 0 Å². The Morgan fingerprint density at radius 2 is 1.95 bits per heavy atom. The number of anilines is 1. The number of hydrogen-bond acceptors (Lipinski definition) is 3. The van der Waals surface area contributed by atoms with E-state index in [0.29, 0.717) is 10.7 Å². The molecule has 0 bridgehead atoms. The van der Waals surface area contributed by atoms with E-state index in [0.717, 1.165) is 0 Å². The minimum absolute atomic E-state index is 0.159. The first-order valence-corrected chi connectivity index (χ1v) is 5.77. The molecule has 0 radical (unpaired) electrons. The van der Waals surface area contributed by atoms with Crippen molar-refractivity contribution in [2.45, 2.75) is 0 Å². The van der Waals surface area contributed by atoms with E-state index >= 15 is 0 Å². The van der Waals surface area contributed by atoms with Crippen LogP contribution >= 0.6 is 11.6 Å². The number of halogens is 1. The normalized spacial score (nSPS) is 9.95. The molecule has 0 unspecified atom stereocenters. The van der Waals surface area contributed by atoms with Gasteiger partial charge in [0.1, 0.15) is 5.69 Å². The fourth-order valence-electron chi connectivity index (χ4n) is 1.52. The van der Waals surface area contributed by atoms with Crippen molar-refractivity contribution in [2.24, 2.45) is 5.73 Å². The Morgan fingerprint density at radius 3 is 2.63 bits per heavy atom. The van der Waals surface area contributed by atoms with Crippen LogP contribution in [0.15, 0.2) is 42.6 Å². The summed E-state index contributed by atoms with van der Waals surface area (Å²) >= 11 is 5.78. The lowest BCUT2D eigenvalue weighted by atomic mass is 10.1. The van der Waals surface area contributed by atoms with Gasteiger partial charge in [-0.15, -0.1) is 0 Å². The third-order valence-electron chi connectivity index (χ3n) is 2.40. The molecule has 6 heteroatoms. The molecule has 2 amide bonds. The maximum absolute atomic E-state index is 12.0. The van der Waals surface area contributed by atoms with Gasteiger partial charge in [-0.25, -0.2) is 0 Å². The van der Waals surface area contributed by atoms with E-state index in [4.69, 9.17) is 17.3 Å². The summed E-state index contributed by atoms with van der Waals surface area (Å²) in [5, 5.41) is 2.98. The van der Waals surface area contributed by atoms with E-state index in [1.165, 1.54) is 18.3 Å². The van der Waals surface area contributed by atoms with E-state index < -0.39 is 11.8 Å². The van der Waals surface area contributed by atoms with Crippen molar-refractivity contribution >= 4 is 29.1 Å². The number of rotatable bonds is 3. The van der Waals surface area contributed by atoms with Crippen LogP contribution in [0.1, 0.15) is 20.8 Å². The van der Waals surface area contributed by atoms with E-state index in [-0.39, 0.29) is 11.3 Å². The third kappa shape index (κ3) is 3.08. The van der Waals surface area contributed by atoms with E-state index in [1.54, 1.807) is 24.3 Å². The number of pyridine rings is 1. The first-order chi connectivity index (χ1) is 9.08. The maximum atomic E-state index is 12.0. The van der Waals surface area contributed by atoms with Gasteiger partial charge < -0.3 is 11.1 Å². The second kappa shape index (κ2) is 5.49. The van der Waals surface area contributed by atoms with Crippen LogP contribution in [0.2, 0.25) is 5.02 Å². The molecule has 0 atom stereocenters. The van der Waals surface area contributed by atoms with Crippen LogP contribution in [-0.4, -0.2) is 16.8 Å². The average molecular weight is 276 g/mol. The van der Waals surface area contributed by atoms with Gasteiger partial charge in [-0.2, -0.15) is 0 Å². The summed E-state index contributed by atoms with van der Waals surface area (Å²) in [6, 6.07) is 9.46. The summed E-state index contributed by atoms with van der Waals surface area (Å²) in [5.74, 6) is -1.08. The number of aromatic nitrogens is 1. The number of amides is 2. The minimum Gasteiger partial charge on any atom is -0.366 e. The van der Waals surface area contributed by atoms with Gasteiger partial charge in [0.25, 0.3) is 11.8 Å². The molecule has 3 N–H and O–H groups in total. The highest BCUT2D eigenvalue weighted by atomic mass is 35.5. The average Bonchev–Trinajstić information content (AvgIpc) is 2.39. The number of nitrogens with zero attached hydrogens (tertiary/aromatic N) is 1. The Labute approximate surface area is 114 Å². The van der Waals surface area contributed by atoms with E-state index in [9.17, 15) is 9.59 Å². The monoisotopic (exact) mass is 275 g/mol. The van der Waals surface area contributed by atoms with E-state index in [2.05, 4.69) is 10.3 Å². The molecule has 96 valence electrons. The number of nitrogens with two attached hydrogens (primary N) is 1. The van der Waals surface area contributed by atoms with Crippen molar-refractivity contribution in [3.63, 3.8) is 0 Å². The van der Waals surface area contributed by atoms with Gasteiger partial charge in [0.2, 0.25) is 0 Å². The standard InChI is InChI=1S/C13H10ClN3O2/c14-8-5-6-16-11(7-8)13(19)17-10-4-2-1-3-9(10)12(15)18/h1-7H,(H2,15,18)(H,17,19). The van der Waals surface area contributed by atoms with Crippen molar-refractivity contribution in [3.05, 3.63) is 58.9 Å². The zero-order chi connectivity index (χ0) is 13.8. The minimum atomic E-state index is -0.616. The zero-order valence-corrected chi connectivity index (χ0v) is 10.5. The number of nitrogens with one attached hydrogen (secondary N) is 1. The van der Waals surface area contributed by atoms with Crippen LogP contribution in [0.25, 0.3) is 0 Å². The second-order valence-electron chi connectivity index (χ2n) is 3.72. The van der Waals surface area contributed by atoms with Crippen molar-refractivity contribution in [1.82, 2.24) is 4.98 Å². The molecule has 1 aromatic carbocycles. The van der Waals surface area contributed by atoms with Gasteiger partial charge in [-0.1, -0.05) is 23.7 Å². The van der Waals surface area contributed by atoms with Gasteiger partial charge in [-0.3, -0.25) is 14.6 Å². The lowest BCUT2D eigenvalue weighted by Gasteiger charge is -2.08. The number of hydrogen-bond donors (Lipinski definition) is 2. The van der Waals surface area contributed by atoms with Gasteiger partial charge in [0.05, 0.1) is 11.3 Å². The largest absolute Gasteiger partial charge is 0.366 e. The topological polar surface area (TPSA) is 85.1 Å². The Hall–Kier alpha value is -2.40. The Morgan fingerprint density at radius 1 is 1.21 bits per heavy atom. The number of carbonyl (C=O) groups is 2. The van der Waals surface area contributed by atoms with Crippen molar-refractivity contribution < 1.29 is 9.59 Å². The van der Waals surface area contributed by atoms with Gasteiger partial charge in [0.15, 0.2) is 0 Å². The predicted molar refractivity (Wildman–Crippen MR) is 72.2 cm³/mol. The number of para-hydroxylation sites is 1. The third-order valence-corrected chi connectivity index (χ3v) is 2.63. The highest BCUT2D eigenvalue weighted by Crippen LogP contribution is 2.16. The molecule has 0 saturated heterocycles. The molecule has 2 aromatic rings.